The van der Waals surface area contributed by atoms with Crippen molar-refractivity contribution in [3.8, 4) is 0 Å². The number of ketones is 1. The zero-order chi connectivity index (χ0) is 24.0. The van der Waals surface area contributed by atoms with Crippen LogP contribution in [-0.4, -0.2) is 27.7 Å². The van der Waals surface area contributed by atoms with Gasteiger partial charge in [-0.25, -0.2) is 0 Å². The standard InChI is InChI=1S/C30H46O3/c1-19(8-7-14-26(2,3)33)20-9-10-23-29(20)16-11-22-28(6)15-13-24(31)27(4,5)21(28)12-17-30(22,23)25(32)18-29/h7,12,14,17,19-24,31,33H,8-11,13,15-16,18H2,1-6H3/b14-7+/t19-,20-,21?,22?,23?,24+,28+,29+,30?/m1/s1. The zero-order valence-corrected chi connectivity index (χ0v) is 21.7. The Labute approximate surface area is 201 Å². The molecule has 0 aliphatic heterocycles. The summed E-state index contributed by atoms with van der Waals surface area (Å²) >= 11 is 0. The van der Waals surface area contributed by atoms with E-state index in [1.54, 1.807) is 0 Å². The van der Waals surface area contributed by atoms with Gasteiger partial charge in [0.2, 0.25) is 0 Å². The van der Waals surface area contributed by atoms with E-state index >= 15 is 0 Å². The molecule has 0 aromatic rings. The Kier molecular flexibility index (Phi) is 5.26. The second-order valence-electron chi connectivity index (χ2n) is 14.1. The van der Waals surface area contributed by atoms with E-state index in [9.17, 15) is 15.0 Å². The molecule has 2 bridgehead atoms. The van der Waals surface area contributed by atoms with E-state index in [2.05, 4.69) is 45.9 Å². The van der Waals surface area contributed by atoms with Gasteiger partial charge in [0.15, 0.2) is 0 Å². The Bertz CT molecular complexity index is 877. The molecule has 33 heavy (non-hydrogen) atoms. The highest BCUT2D eigenvalue weighted by Gasteiger charge is 2.74. The van der Waals surface area contributed by atoms with Crippen LogP contribution in [0, 0.1) is 51.2 Å². The van der Waals surface area contributed by atoms with Gasteiger partial charge in [-0.1, -0.05) is 52.0 Å². The molecular formula is C30H46O3. The van der Waals surface area contributed by atoms with Crippen molar-refractivity contribution >= 4 is 5.78 Å². The number of carbonyl (C=O) groups excluding carboxylic acids is 1. The summed E-state index contributed by atoms with van der Waals surface area (Å²) in [6.07, 6.45) is 17.0. The van der Waals surface area contributed by atoms with Crippen LogP contribution in [0.25, 0.3) is 0 Å². The van der Waals surface area contributed by atoms with Crippen molar-refractivity contribution in [3.63, 3.8) is 0 Å². The van der Waals surface area contributed by atoms with E-state index in [0.29, 0.717) is 35.4 Å². The molecule has 0 radical (unpaired) electrons. The Morgan fingerprint density at radius 3 is 2.55 bits per heavy atom. The lowest BCUT2D eigenvalue weighted by molar-refractivity contribution is -0.158. The summed E-state index contributed by atoms with van der Waals surface area (Å²) in [4.78, 5) is 14.0. The number of Topliss-reactive ketones (excluding diaryl/α,β-unsaturated/α-hetero) is 1. The minimum Gasteiger partial charge on any atom is -0.393 e. The highest BCUT2D eigenvalue weighted by atomic mass is 16.3. The Balaban J connectivity index is 1.48. The third-order valence-electron chi connectivity index (χ3n) is 11.6. The van der Waals surface area contributed by atoms with Crippen molar-refractivity contribution in [1.29, 1.82) is 0 Å². The third kappa shape index (κ3) is 3.10. The van der Waals surface area contributed by atoms with E-state index in [4.69, 9.17) is 0 Å². The molecule has 3 nitrogen and oxygen atoms in total. The van der Waals surface area contributed by atoms with Gasteiger partial charge in [-0.2, -0.15) is 0 Å². The number of fused-ring (bicyclic) bond motifs is 2. The van der Waals surface area contributed by atoms with E-state index < -0.39 is 5.60 Å². The van der Waals surface area contributed by atoms with Crippen LogP contribution in [-0.2, 0) is 4.79 Å². The minimum absolute atomic E-state index is 0.1000. The van der Waals surface area contributed by atoms with Gasteiger partial charge in [0.25, 0.3) is 0 Å². The first-order valence-corrected chi connectivity index (χ1v) is 13.6. The maximum absolute atomic E-state index is 14.0. The molecule has 184 valence electrons. The van der Waals surface area contributed by atoms with Crippen molar-refractivity contribution < 1.29 is 15.0 Å². The summed E-state index contributed by atoms with van der Waals surface area (Å²) in [5.41, 5.74) is -0.891. The van der Waals surface area contributed by atoms with Crippen molar-refractivity contribution in [2.45, 2.75) is 105 Å². The van der Waals surface area contributed by atoms with Gasteiger partial charge >= 0.3 is 0 Å². The monoisotopic (exact) mass is 454 g/mol. The number of carbonyl (C=O) groups is 1. The lowest BCUT2D eigenvalue weighted by atomic mass is 9.40. The molecule has 0 aromatic carbocycles. The molecule has 2 N–H and O–H groups in total. The Morgan fingerprint density at radius 1 is 1.12 bits per heavy atom. The summed E-state index contributed by atoms with van der Waals surface area (Å²) in [7, 11) is 0. The van der Waals surface area contributed by atoms with Crippen LogP contribution in [0.3, 0.4) is 0 Å². The van der Waals surface area contributed by atoms with Gasteiger partial charge < -0.3 is 10.2 Å². The van der Waals surface area contributed by atoms with Gasteiger partial charge in [0.1, 0.15) is 5.78 Å². The predicted octanol–water partition coefficient (Wildman–Crippen LogP) is 6.09. The molecule has 9 atom stereocenters. The second kappa shape index (κ2) is 7.29. The lowest BCUT2D eigenvalue weighted by Crippen LogP contribution is -2.60. The average molecular weight is 455 g/mol. The van der Waals surface area contributed by atoms with Gasteiger partial charge in [-0.15, -0.1) is 0 Å². The SMILES string of the molecule is C[C@H](C/C=C/C(C)(C)O)[C@H]1CCC2C34C=CC5C(C)(C)[C@@H](O)CC[C@]5(C)C3CC[C@@]21CC4=O. The van der Waals surface area contributed by atoms with Crippen LogP contribution in [0.15, 0.2) is 24.3 Å². The number of hydrogen-bond acceptors (Lipinski definition) is 3. The molecule has 0 saturated heterocycles. The molecule has 4 saturated carbocycles. The first kappa shape index (κ1) is 23.8. The first-order chi connectivity index (χ1) is 15.3. The minimum atomic E-state index is -0.762. The quantitative estimate of drug-likeness (QED) is 0.505. The van der Waals surface area contributed by atoms with Crippen molar-refractivity contribution in [3.05, 3.63) is 24.3 Å². The maximum atomic E-state index is 14.0. The third-order valence-corrected chi connectivity index (χ3v) is 11.6. The van der Waals surface area contributed by atoms with E-state index in [0.717, 1.165) is 32.1 Å². The van der Waals surface area contributed by atoms with Gasteiger partial charge in [-0.05, 0) is 105 Å². The molecule has 0 aromatic heterocycles. The molecule has 4 fully saturated rings. The molecule has 3 heteroatoms. The van der Waals surface area contributed by atoms with E-state index in [1.165, 1.54) is 19.3 Å². The number of aliphatic hydroxyl groups is 2. The van der Waals surface area contributed by atoms with Crippen molar-refractivity contribution in [2.24, 2.45) is 51.2 Å². The number of allylic oxidation sites excluding steroid dienone is 3. The summed E-state index contributed by atoms with van der Waals surface area (Å²) in [6, 6.07) is 0. The highest BCUT2D eigenvalue weighted by Crippen LogP contribution is 2.77. The summed E-state index contributed by atoms with van der Waals surface area (Å²) < 4.78 is 0. The van der Waals surface area contributed by atoms with Gasteiger partial charge in [0, 0.05) is 6.42 Å². The maximum Gasteiger partial charge on any atom is 0.143 e. The predicted molar refractivity (Wildman–Crippen MR) is 132 cm³/mol. The van der Waals surface area contributed by atoms with Crippen molar-refractivity contribution in [2.75, 3.05) is 0 Å². The molecular weight excluding hydrogens is 408 g/mol. The topological polar surface area (TPSA) is 57.5 Å². The van der Waals surface area contributed by atoms with Crippen molar-refractivity contribution in [1.82, 2.24) is 0 Å². The fourth-order valence-electron chi connectivity index (χ4n) is 10.3. The molecule has 0 amide bonds. The summed E-state index contributed by atoms with van der Waals surface area (Å²) in [5, 5.41) is 20.9. The summed E-state index contributed by atoms with van der Waals surface area (Å²) in [6.45, 7) is 13.0. The lowest BCUT2D eigenvalue weighted by Gasteiger charge is -2.63. The van der Waals surface area contributed by atoms with Crippen LogP contribution >= 0.6 is 0 Å². The molecule has 0 heterocycles. The summed E-state index contributed by atoms with van der Waals surface area (Å²) in [5.74, 6) is 2.91. The van der Waals surface area contributed by atoms with E-state index in [-0.39, 0.29) is 27.8 Å². The number of hydrogen-bond donors (Lipinski definition) is 2. The van der Waals surface area contributed by atoms with Gasteiger partial charge in [0.05, 0.1) is 17.1 Å². The largest absolute Gasteiger partial charge is 0.393 e. The van der Waals surface area contributed by atoms with Crippen LogP contribution in [0.4, 0.5) is 0 Å². The fourth-order valence-corrected chi connectivity index (χ4v) is 10.3. The molecule has 4 unspecified atom stereocenters. The fraction of sp³-hybridized carbons (Fsp3) is 0.833. The Morgan fingerprint density at radius 2 is 1.85 bits per heavy atom. The highest BCUT2D eigenvalue weighted by molar-refractivity contribution is 5.92. The van der Waals surface area contributed by atoms with Crippen LogP contribution in [0.1, 0.15) is 92.9 Å². The number of aliphatic hydroxyl groups excluding tert-OH is 1. The average Bonchev–Trinajstić information content (AvgIpc) is 3.14. The number of rotatable bonds is 4. The first-order valence-electron chi connectivity index (χ1n) is 13.6. The van der Waals surface area contributed by atoms with Gasteiger partial charge in [-0.3, -0.25) is 4.79 Å². The van der Waals surface area contributed by atoms with Crippen LogP contribution < -0.4 is 0 Å². The smallest absolute Gasteiger partial charge is 0.143 e. The molecule has 5 rings (SSSR count). The Hall–Kier alpha value is -0.930. The van der Waals surface area contributed by atoms with Crippen LogP contribution in [0.2, 0.25) is 0 Å². The van der Waals surface area contributed by atoms with E-state index in [1.807, 2.05) is 19.9 Å². The van der Waals surface area contributed by atoms with Crippen LogP contribution in [0.5, 0.6) is 0 Å². The molecule has 5 aliphatic rings. The zero-order valence-electron chi connectivity index (χ0n) is 21.7. The normalized spacial score (nSPS) is 49.1. The molecule has 5 aliphatic carbocycles. The second-order valence-corrected chi connectivity index (χ2v) is 14.1. The molecule has 1 spiro atoms.